The normalized spacial score (nSPS) is 11.6. The highest BCUT2D eigenvalue weighted by Crippen LogP contribution is 2.25. The number of benzene rings is 2. The minimum atomic E-state index is -3.12. The minimum Gasteiger partial charge on any atom is -0.465 e. The first kappa shape index (κ1) is 33.7. The zero-order valence-corrected chi connectivity index (χ0v) is 24.9. The Labute approximate surface area is 245 Å². The van der Waals surface area contributed by atoms with Gasteiger partial charge in [0.2, 0.25) is 0 Å². The molecule has 0 spiro atoms. The summed E-state index contributed by atoms with van der Waals surface area (Å²) in [5.41, 5.74) is 0.741. The number of carbonyl (C=O) groups excluding carboxylic acids is 2. The quantitative estimate of drug-likeness (QED) is 0.242. The molecular formula is C27H32Cl2F3N5O4. The molecule has 2 aromatic carbocycles. The fraction of sp³-hybridized carbons (Fsp3) is 0.407. The van der Waals surface area contributed by atoms with Gasteiger partial charge in [0.05, 0.1) is 6.61 Å². The fourth-order valence-electron chi connectivity index (χ4n) is 3.45. The van der Waals surface area contributed by atoms with Crippen LogP contribution < -0.4 is 11.0 Å². The van der Waals surface area contributed by atoms with Crippen molar-refractivity contribution >= 4 is 40.9 Å². The van der Waals surface area contributed by atoms with Gasteiger partial charge in [-0.3, -0.25) is 4.79 Å². The predicted molar refractivity (Wildman–Crippen MR) is 152 cm³/mol. The van der Waals surface area contributed by atoms with Crippen LogP contribution in [0.2, 0.25) is 5.02 Å². The van der Waals surface area contributed by atoms with Crippen molar-refractivity contribution in [2.24, 2.45) is 0 Å². The monoisotopic (exact) mass is 617 g/mol. The van der Waals surface area contributed by atoms with E-state index in [2.05, 4.69) is 24.3 Å². The van der Waals surface area contributed by atoms with Crippen molar-refractivity contribution in [3.8, 4) is 5.69 Å². The molecule has 9 nitrogen and oxygen atoms in total. The van der Waals surface area contributed by atoms with E-state index in [1.165, 1.54) is 17.4 Å². The van der Waals surface area contributed by atoms with Gasteiger partial charge in [-0.05, 0) is 55.2 Å². The van der Waals surface area contributed by atoms with Gasteiger partial charge in [0.15, 0.2) is 5.82 Å². The Hall–Kier alpha value is -3.51. The molecule has 0 aliphatic rings. The Bertz CT molecular complexity index is 1410. The predicted octanol–water partition coefficient (Wildman–Crippen LogP) is 6.15. The van der Waals surface area contributed by atoms with Crippen molar-refractivity contribution in [2.75, 3.05) is 26.0 Å². The number of alkyl halides is 3. The van der Waals surface area contributed by atoms with Crippen LogP contribution in [0.3, 0.4) is 0 Å². The molecule has 0 aliphatic heterocycles. The number of hydrogen-bond donors (Lipinski definition) is 1. The first-order chi connectivity index (χ1) is 19.2. The molecule has 3 rings (SSSR count). The van der Waals surface area contributed by atoms with Crippen LogP contribution in [-0.4, -0.2) is 57.3 Å². The fourth-order valence-corrected chi connectivity index (χ4v) is 3.91. The van der Waals surface area contributed by atoms with Crippen LogP contribution in [-0.2, 0) is 16.0 Å². The lowest BCUT2D eigenvalue weighted by Crippen LogP contribution is -2.27. The number of aryl methyl sites for hydroxylation is 1. The lowest BCUT2D eigenvalue weighted by molar-refractivity contribution is -0.142. The van der Waals surface area contributed by atoms with E-state index in [1.54, 1.807) is 21.0 Å². The zero-order chi connectivity index (χ0) is 31.0. The van der Waals surface area contributed by atoms with Gasteiger partial charge < -0.3 is 15.0 Å². The molecule has 3 aromatic rings. The average molecular weight is 618 g/mol. The molecule has 1 N–H and O–H groups in total. The van der Waals surface area contributed by atoms with Crippen LogP contribution >= 0.6 is 23.2 Å². The molecule has 0 saturated heterocycles. The third-order valence-corrected chi connectivity index (χ3v) is 6.38. The van der Waals surface area contributed by atoms with Crippen LogP contribution in [0.25, 0.3) is 5.69 Å². The number of esters is 1. The summed E-state index contributed by atoms with van der Waals surface area (Å²) in [5, 5.41) is 5.31. The first-order valence-corrected chi connectivity index (χ1v) is 13.3. The minimum absolute atomic E-state index is 0.0424. The summed E-state index contributed by atoms with van der Waals surface area (Å²) >= 11 is 11.9. The summed E-state index contributed by atoms with van der Waals surface area (Å²) in [5.74, 6) is -1.40. The number of nitrogens with zero attached hydrogens (tertiary/aromatic N) is 4. The van der Waals surface area contributed by atoms with E-state index >= 15 is 0 Å². The van der Waals surface area contributed by atoms with E-state index in [4.69, 9.17) is 27.9 Å². The molecule has 1 unspecified atom stereocenters. The number of anilines is 1. The van der Waals surface area contributed by atoms with Crippen LogP contribution in [0.4, 0.5) is 23.7 Å². The van der Waals surface area contributed by atoms with Crippen LogP contribution in [0.1, 0.15) is 50.2 Å². The Kier molecular flexibility index (Phi) is 12.3. The van der Waals surface area contributed by atoms with Crippen molar-refractivity contribution < 1.29 is 27.5 Å². The first-order valence-electron chi connectivity index (χ1n) is 12.5. The molecule has 1 heterocycles. The maximum atomic E-state index is 14.2. The topological polar surface area (TPSA) is 98.5 Å². The van der Waals surface area contributed by atoms with Gasteiger partial charge >= 0.3 is 24.2 Å². The summed E-state index contributed by atoms with van der Waals surface area (Å²) < 4.78 is 45.5. The van der Waals surface area contributed by atoms with Gasteiger partial charge in [-0.15, -0.1) is 16.7 Å². The molecule has 0 saturated carbocycles. The number of urea groups is 1. The summed E-state index contributed by atoms with van der Waals surface area (Å²) in [6.45, 7) is 4.10. The maximum Gasteiger partial charge on any atom is 0.355 e. The van der Waals surface area contributed by atoms with E-state index in [9.17, 15) is 27.6 Å². The number of aromatic nitrogens is 3. The number of ether oxygens (including phenoxy) is 1. The van der Waals surface area contributed by atoms with Gasteiger partial charge in [0.1, 0.15) is 16.9 Å². The number of halogens is 5. The van der Waals surface area contributed by atoms with Crippen molar-refractivity contribution in [1.29, 1.82) is 0 Å². The van der Waals surface area contributed by atoms with Gasteiger partial charge in [-0.1, -0.05) is 37.6 Å². The van der Waals surface area contributed by atoms with E-state index in [0.29, 0.717) is 10.6 Å². The SMILES string of the molecule is CC(C)c1ccc(NC(=O)N(C)C)cc1.CCOC(=O)C(Cl)Cc1cc(-n2nc(C)n(C(F)F)c2=O)c(F)cc1Cl. The zero-order valence-electron chi connectivity index (χ0n) is 23.4. The number of hydrogen-bond acceptors (Lipinski definition) is 5. The number of carbonyl (C=O) groups is 2. The molecule has 0 bridgehead atoms. The lowest BCUT2D eigenvalue weighted by atomic mass is 10.0. The Morgan fingerprint density at radius 2 is 1.76 bits per heavy atom. The molecule has 0 fully saturated rings. The Morgan fingerprint density at radius 1 is 1.15 bits per heavy atom. The van der Waals surface area contributed by atoms with Gasteiger partial charge in [-0.25, -0.2) is 18.5 Å². The van der Waals surface area contributed by atoms with Crippen molar-refractivity contribution in [1.82, 2.24) is 19.2 Å². The summed E-state index contributed by atoms with van der Waals surface area (Å²) in [4.78, 5) is 36.6. The average Bonchev–Trinajstić information content (AvgIpc) is 3.19. The molecule has 0 aliphatic carbocycles. The van der Waals surface area contributed by atoms with Gasteiger partial charge in [-0.2, -0.15) is 13.5 Å². The second-order valence-electron chi connectivity index (χ2n) is 9.31. The van der Waals surface area contributed by atoms with E-state index in [0.717, 1.165) is 17.8 Å². The van der Waals surface area contributed by atoms with Gasteiger partial charge in [0, 0.05) is 31.2 Å². The molecule has 224 valence electrons. The standard InChI is InChI=1S/C15H14Cl2F3N3O3.C12H18N2O/c1-3-26-13(24)10(17)4-8-5-12(11(18)6-9(8)16)23-15(25)22(14(19)20)7(2)21-23;1-9(2)10-5-7-11(8-6-10)13-12(15)14(3)4/h5-6,10,14H,3-4H2,1-2H3;5-9H,1-4H3,(H,13,15). The van der Waals surface area contributed by atoms with Crippen molar-refractivity contribution in [2.45, 2.75) is 52.0 Å². The maximum absolute atomic E-state index is 14.2. The molecule has 14 heteroatoms. The van der Waals surface area contributed by atoms with Crippen molar-refractivity contribution in [3.63, 3.8) is 0 Å². The van der Waals surface area contributed by atoms with E-state index < -0.39 is 29.4 Å². The van der Waals surface area contributed by atoms with Crippen LogP contribution in [0.5, 0.6) is 0 Å². The summed E-state index contributed by atoms with van der Waals surface area (Å²) in [6, 6.07) is 9.85. The largest absolute Gasteiger partial charge is 0.465 e. The third kappa shape index (κ3) is 8.99. The number of rotatable bonds is 8. The van der Waals surface area contributed by atoms with E-state index in [-0.39, 0.29) is 45.7 Å². The Morgan fingerprint density at radius 3 is 2.24 bits per heavy atom. The van der Waals surface area contributed by atoms with Crippen molar-refractivity contribution in [3.05, 3.63) is 74.7 Å². The van der Waals surface area contributed by atoms with E-state index in [1.807, 2.05) is 24.3 Å². The highest BCUT2D eigenvalue weighted by atomic mass is 35.5. The third-order valence-electron chi connectivity index (χ3n) is 5.70. The highest BCUT2D eigenvalue weighted by Gasteiger charge is 2.23. The smallest absolute Gasteiger partial charge is 0.355 e. The molecular weight excluding hydrogens is 586 g/mol. The number of nitrogens with one attached hydrogen (secondary N) is 1. The molecule has 0 radical (unpaired) electrons. The summed E-state index contributed by atoms with van der Waals surface area (Å²) in [7, 11) is 3.44. The van der Waals surface area contributed by atoms with Crippen LogP contribution in [0, 0.1) is 12.7 Å². The molecule has 41 heavy (non-hydrogen) atoms. The summed E-state index contributed by atoms with van der Waals surface area (Å²) in [6.07, 6.45) is -0.115. The Balaban J connectivity index is 0.000000333. The van der Waals surface area contributed by atoms with Crippen LogP contribution in [0.15, 0.2) is 41.2 Å². The molecule has 1 atom stereocenters. The molecule has 2 amide bonds. The second kappa shape index (κ2) is 14.9. The second-order valence-corrected chi connectivity index (χ2v) is 10.2. The number of amides is 2. The highest BCUT2D eigenvalue weighted by molar-refractivity contribution is 6.32. The molecule has 1 aromatic heterocycles. The van der Waals surface area contributed by atoms with Gasteiger partial charge in [0.25, 0.3) is 0 Å². The lowest BCUT2D eigenvalue weighted by Gasteiger charge is -2.12.